The Morgan fingerprint density at radius 3 is 2.20 bits per heavy atom. The molecule has 0 rings (SSSR count). The van der Waals surface area contributed by atoms with Crippen molar-refractivity contribution in [3.8, 4) is 0 Å². The van der Waals surface area contributed by atoms with Crippen molar-refractivity contribution in [2.45, 2.75) is 65.8 Å². The maximum atomic E-state index is 11.7. The third-order valence-electron chi connectivity index (χ3n) is 3.92. The lowest BCUT2D eigenvalue weighted by Gasteiger charge is -2.17. The van der Waals surface area contributed by atoms with Crippen molar-refractivity contribution in [3.05, 3.63) is 0 Å². The fraction of sp³-hybridized carbons (Fsp3) is 0.895. The predicted molar refractivity (Wildman–Crippen MR) is 101 cm³/mol. The molecule has 2 N–H and O–H groups in total. The molecule has 0 radical (unpaired) electrons. The maximum Gasteiger partial charge on any atom is 0.222 e. The standard InChI is InChI=1S/C19H38N2O4/c1-16(22)17(20-5)8-6-7-11-21-18(23)9-12-24-14-15-25-13-10-19(2,3)4/h17,20H,6-15H2,1-5H3,(H,21,23)/t17-/m0/s1. The number of ether oxygens (including phenoxy) is 2. The highest BCUT2D eigenvalue weighted by Gasteiger charge is 2.10. The van der Waals surface area contributed by atoms with Gasteiger partial charge in [-0.25, -0.2) is 0 Å². The van der Waals surface area contributed by atoms with Crippen molar-refractivity contribution in [1.82, 2.24) is 10.6 Å². The molecule has 25 heavy (non-hydrogen) atoms. The van der Waals surface area contributed by atoms with Crippen LogP contribution in [0.15, 0.2) is 0 Å². The van der Waals surface area contributed by atoms with E-state index >= 15 is 0 Å². The quantitative estimate of drug-likeness (QED) is 0.439. The minimum atomic E-state index is -0.0743. The summed E-state index contributed by atoms with van der Waals surface area (Å²) >= 11 is 0. The fourth-order valence-corrected chi connectivity index (χ4v) is 2.21. The molecule has 1 atom stereocenters. The van der Waals surface area contributed by atoms with Gasteiger partial charge in [0, 0.05) is 19.6 Å². The molecule has 0 aliphatic rings. The predicted octanol–water partition coefficient (Wildman–Crippen LogP) is 2.31. The Bertz CT molecular complexity index is 367. The highest BCUT2D eigenvalue weighted by Crippen LogP contribution is 2.17. The molecule has 0 aromatic carbocycles. The van der Waals surface area contributed by atoms with E-state index in [1.54, 1.807) is 14.0 Å². The van der Waals surface area contributed by atoms with Gasteiger partial charge in [0.05, 0.1) is 25.9 Å². The number of unbranched alkanes of at least 4 members (excludes halogenated alkanes) is 1. The number of Topliss-reactive ketones (excluding diaryl/α,β-unsaturated/α-hetero) is 1. The Morgan fingerprint density at radius 2 is 1.64 bits per heavy atom. The molecule has 0 fully saturated rings. The second-order valence-corrected chi connectivity index (χ2v) is 7.58. The van der Waals surface area contributed by atoms with Gasteiger partial charge in [0.1, 0.15) is 5.78 Å². The number of amides is 1. The smallest absolute Gasteiger partial charge is 0.222 e. The van der Waals surface area contributed by atoms with Crippen molar-refractivity contribution in [3.63, 3.8) is 0 Å². The van der Waals surface area contributed by atoms with Gasteiger partial charge >= 0.3 is 0 Å². The van der Waals surface area contributed by atoms with E-state index in [0.717, 1.165) is 32.3 Å². The van der Waals surface area contributed by atoms with Crippen LogP contribution in [0.25, 0.3) is 0 Å². The summed E-state index contributed by atoms with van der Waals surface area (Å²) in [5, 5.41) is 5.87. The van der Waals surface area contributed by atoms with Crippen molar-refractivity contribution in [2.75, 3.05) is 40.0 Å². The topological polar surface area (TPSA) is 76.7 Å². The van der Waals surface area contributed by atoms with Gasteiger partial charge in [-0.2, -0.15) is 0 Å². The Labute approximate surface area is 153 Å². The normalized spacial score (nSPS) is 12.8. The van der Waals surface area contributed by atoms with Gasteiger partial charge in [-0.05, 0) is 45.1 Å². The Hall–Kier alpha value is -0.980. The zero-order valence-electron chi connectivity index (χ0n) is 16.8. The summed E-state index contributed by atoms with van der Waals surface area (Å²) in [5.41, 5.74) is 0.291. The average Bonchev–Trinajstić information content (AvgIpc) is 2.51. The first-order chi connectivity index (χ1) is 11.8. The Morgan fingerprint density at radius 1 is 1.00 bits per heavy atom. The molecular weight excluding hydrogens is 320 g/mol. The lowest BCUT2D eigenvalue weighted by Crippen LogP contribution is -2.32. The van der Waals surface area contributed by atoms with Crippen LogP contribution in [0, 0.1) is 5.41 Å². The first-order valence-electron chi connectivity index (χ1n) is 9.36. The van der Waals surface area contributed by atoms with Gasteiger partial charge in [-0.15, -0.1) is 0 Å². The van der Waals surface area contributed by atoms with E-state index in [0.29, 0.717) is 38.2 Å². The zero-order chi connectivity index (χ0) is 19.1. The zero-order valence-corrected chi connectivity index (χ0v) is 16.8. The van der Waals surface area contributed by atoms with Gasteiger partial charge in [0.15, 0.2) is 0 Å². The van der Waals surface area contributed by atoms with Crippen LogP contribution in [0.1, 0.15) is 59.8 Å². The summed E-state index contributed by atoms with van der Waals surface area (Å²) in [5.74, 6) is 0.163. The number of ketones is 1. The van der Waals surface area contributed by atoms with Crippen LogP contribution in [0.2, 0.25) is 0 Å². The van der Waals surface area contributed by atoms with Crippen molar-refractivity contribution in [1.29, 1.82) is 0 Å². The van der Waals surface area contributed by atoms with E-state index in [2.05, 4.69) is 31.4 Å². The molecule has 148 valence electrons. The molecule has 0 unspecified atom stereocenters. The van der Waals surface area contributed by atoms with E-state index < -0.39 is 0 Å². The van der Waals surface area contributed by atoms with Crippen LogP contribution in [-0.2, 0) is 19.1 Å². The number of likely N-dealkylation sites (N-methyl/N-ethyl adjacent to an activating group) is 1. The fourth-order valence-electron chi connectivity index (χ4n) is 2.21. The largest absolute Gasteiger partial charge is 0.379 e. The Balaban J connectivity index is 3.40. The Kier molecular flexibility index (Phi) is 13.7. The average molecular weight is 359 g/mol. The monoisotopic (exact) mass is 358 g/mol. The molecule has 0 heterocycles. The minimum Gasteiger partial charge on any atom is -0.379 e. The number of rotatable bonds is 15. The first kappa shape index (κ1) is 24.0. The van der Waals surface area contributed by atoms with Crippen LogP contribution >= 0.6 is 0 Å². The summed E-state index contributed by atoms with van der Waals surface area (Å²) in [6.07, 6.45) is 3.99. The molecule has 0 aromatic heterocycles. The van der Waals surface area contributed by atoms with Crippen LogP contribution in [0.5, 0.6) is 0 Å². The summed E-state index contributed by atoms with van der Waals surface area (Å²) in [6, 6.07) is -0.0743. The molecule has 0 saturated heterocycles. The second-order valence-electron chi connectivity index (χ2n) is 7.58. The number of carbonyl (C=O) groups is 2. The van der Waals surface area contributed by atoms with E-state index in [9.17, 15) is 9.59 Å². The van der Waals surface area contributed by atoms with Crippen LogP contribution < -0.4 is 10.6 Å². The van der Waals surface area contributed by atoms with E-state index in [1.165, 1.54) is 0 Å². The molecule has 1 amide bonds. The summed E-state index contributed by atoms with van der Waals surface area (Å²) in [4.78, 5) is 22.9. The van der Waals surface area contributed by atoms with Gasteiger partial charge in [-0.1, -0.05) is 20.8 Å². The van der Waals surface area contributed by atoms with Crippen molar-refractivity contribution < 1.29 is 19.1 Å². The number of carbonyl (C=O) groups excluding carboxylic acids is 2. The summed E-state index contributed by atoms with van der Waals surface area (Å²) < 4.78 is 10.9. The van der Waals surface area contributed by atoms with Gasteiger partial charge in [0.2, 0.25) is 5.91 Å². The third kappa shape index (κ3) is 16.2. The van der Waals surface area contributed by atoms with Crippen molar-refractivity contribution in [2.24, 2.45) is 5.41 Å². The number of nitrogens with one attached hydrogen (secondary N) is 2. The second kappa shape index (κ2) is 14.2. The molecule has 0 saturated carbocycles. The minimum absolute atomic E-state index is 0.00499. The lowest BCUT2D eigenvalue weighted by atomic mass is 9.93. The molecular formula is C19H38N2O4. The third-order valence-corrected chi connectivity index (χ3v) is 3.92. The maximum absolute atomic E-state index is 11.7. The van der Waals surface area contributed by atoms with Crippen LogP contribution in [-0.4, -0.2) is 57.8 Å². The van der Waals surface area contributed by atoms with E-state index in [-0.39, 0.29) is 17.7 Å². The highest BCUT2D eigenvalue weighted by atomic mass is 16.5. The summed E-state index contributed by atoms with van der Waals surface area (Å²) in [7, 11) is 1.80. The van der Waals surface area contributed by atoms with E-state index in [1.807, 2.05) is 0 Å². The van der Waals surface area contributed by atoms with Gasteiger partial charge in [0.25, 0.3) is 0 Å². The van der Waals surface area contributed by atoms with Gasteiger partial charge < -0.3 is 20.1 Å². The molecule has 0 aromatic rings. The van der Waals surface area contributed by atoms with Crippen LogP contribution in [0.3, 0.4) is 0 Å². The van der Waals surface area contributed by atoms with Crippen molar-refractivity contribution >= 4 is 11.7 Å². The molecule has 0 bridgehead atoms. The molecule has 0 aliphatic heterocycles. The summed E-state index contributed by atoms with van der Waals surface area (Å²) in [6.45, 7) is 11.1. The first-order valence-corrected chi connectivity index (χ1v) is 9.36. The molecule has 6 heteroatoms. The van der Waals surface area contributed by atoms with Crippen LogP contribution in [0.4, 0.5) is 0 Å². The molecule has 0 aliphatic carbocycles. The highest BCUT2D eigenvalue weighted by molar-refractivity contribution is 5.81. The van der Waals surface area contributed by atoms with E-state index in [4.69, 9.17) is 9.47 Å². The van der Waals surface area contributed by atoms with Gasteiger partial charge in [-0.3, -0.25) is 9.59 Å². The molecule has 6 nitrogen and oxygen atoms in total. The molecule has 0 spiro atoms. The number of hydrogen-bond donors (Lipinski definition) is 2. The number of hydrogen-bond acceptors (Lipinski definition) is 5. The lowest BCUT2D eigenvalue weighted by molar-refractivity contribution is -0.122. The SMILES string of the molecule is CN[C@@H](CCCCNC(=O)CCOCCOCCC(C)(C)C)C(C)=O.